The summed E-state index contributed by atoms with van der Waals surface area (Å²) in [6, 6.07) is -0.168. The van der Waals surface area contributed by atoms with Crippen molar-refractivity contribution >= 4 is 17.8 Å². The minimum absolute atomic E-state index is 0.168. The molecule has 0 saturated heterocycles. The highest BCUT2D eigenvalue weighted by Gasteiger charge is 2.20. The van der Waals surface area contributed by atoms with Crippen LogP contribution in [0.1, 0.15) is 27.2 Å². The van der Waals surface area contributed by atoms with E-state index in [1.165, 1.54) is 0 Å². The highest BCUT2D eigenvalue weighted by molar-refractivity contribution is 6.17. The summed E-state index contributed by atoms with van der Waals surface area (Å²) >= 11 is 5.15. The van der Waals surface area contributed by atoms with E-state index in [2.05, 4.69) is 4.74 Å². The van der Waals surface area contributed by atoms with Crippen LogP contribution in [-0.2, 0) is 9.47 Å². The standard InChI is InChI=1S/C7H13ClO3/c1-4-7(2,3)11-6(9)10-5-8/h4-5H2,1-3H3. The van der Waals surface area contributed by atoms with E-state index in [1.54, 1.807) is 0 Å². The molecule has 0 unspecified atom stereocenters. The van der Waals surface area contributed by atoms with Gasteiger partial charge in [0.25, 0.3) is 0 Å². The molecule has 0 aromatic rings. The van der Waals surface area contributed by atoms with E-state index in [0.717, 1.165) is 6.42 Å². The molecule has 0 saturated carbocycles. The predicted molar refractivity (Wildman–Crippen MR) is 42.7 cm³/mol. The van der Waals surface area contributed by atoms with E-state index < -0.39 is 11.8 Å². The van der Waals surface area contributed by atoms with Crippen molar-refractivity contribution in [1.82, 2.24) is 0 Å². The molecule has 3 nitrogen and oxygen atoms in total. The van der Waals surface area contributed by atoms with Crippen molar-refractivity contribution in [1.29, 1.82) is 0 Å². The van der Waals surface area contributed by atoms with E-state index in [1.807, 2.05) is 20.8 Å². The van der Waals surface area contributed by atoms with E-state index in [4.69, 9.17) is 16.3 Å². The second-order valence-corrected chi connectivity index (χ2v) is 2.94. The Morgan fingerprint density at radius 3 is 2.45 bits per heavy atom. The van der Waals surface area contributed by atoms with Crippen LogP contribution in [0.15, 0.2) is 0 Å². The van der Waals surface area contributed by atoms with Gasteiger partial charge in [0.1, 0.15) is 5.60 Å². The third-order valence-electron chi connectivity index (χ3n) is 1.38. The first-order valence-corrected chi connectivity index (χ1v) is 3.97. The molecule has 0 aliphatic carbocycles. The third kappa shape index (κ3) is 4.90. The van der Waals surface area contributed by atoms with Gasteiger partial charge in [0.2, 0.25) is 0 Å². The van der Waals surface area contributed by atoms with Crippen LogP contribution in [0.5, 0.6) is 0 Å². The molecule has 0 rings (SSSR count). The lowest BCUT2D eigenvalue weighted by Crippen LogP contribution is -2.27. The Bertz CT molecular complexity index is 134. The summed E-state index contributed by atoms with van der Waals surface area (Å²) < 4.78 is 9.27. The summed E-state index contributed by atoms with van der Waals surface area (Å²) in [6.07, 6.45) is 0.0246. The maximum absolute atomic E-state index is 10.7. The first kappa shape index (κ1) is 10.6. The van der Waals surface area contributed by atoms with Crippen molar-refractivity contribution in [3.8, 4) is 0 Å². The molecule has 0 aromatic carbocycles. The Morgan fingerprint density at radius 2 is 2.09 bits per heavy atom. The summed E-state index contributed by atoms with van der Waals surface area (Å²) in [4.78, 5) is 10.7. The molecule has 66 valence electrons. The Labute approximate surface area is 71.6 Å². The van der Waals surface area contributed by atoms with Crippen LogP contribution in [0, 0.1) is 0 Å². The smallest absolute Gasteiger partial charge is 0.428 e. The van der Waals surface area contributed by atoms with Crippen LogP contribution in [0.3, 0.4) is 0 Å². The number of carbonyl (C=O) groups excluding carboxylic acids is 1. The average Bonchev–Trinajstić information content (AvgIpc) is 1.87. The van der Waals surface area contributed by atoms with Crippen LogP contribution < -0.4 is 0 Å². The molecule has 0 heterocycles. The zero-order valence-corrected chi connectivity index (χ0v) is 7.77. The van der Waals surface area contributed by atoms with E-state index in [0.29, 0.717) is 0 Å². The monoisotopic (exact) mass is 180 g/mol. The highest BCUT2D eigenvalue weighted by Crippen LogP contribution is 2.14. The number of ether oxygens (including phenoxy) is 2. The van der Waals surface area contributed by atoms with Gasteiger partial charge in [-0.05, 0) is 20.3 Å². The summed E-state index contributed by atoms with van der Waals surface area (Å²) in [5.74, 6) is 0. The minimum Gasteiger partial charge on any atom is -0.428 e. The summed E-state index contributed by atoms with van der Waals surface area (Å²) in [5, 5.41) is 0. The van der Waals surface area contributed by atoms with Gasteiger partial charge in [0.05, 0.1) is 0 Å². The van der Waals surface area contributed by atoms with E-state index >= 15 is 0 Å². The summed E-state index contributed by atoms with van der Waals surface area (Å²) in [7, 11) is 0. The zero-order valence-electron chi connectivity index (χ0n) is 7.02. The fourth-order valence-corrected chi connectivity index (χ4v) is 0.461. The molecular weight excluding hydrogens is 168 g/mol. The summed E-state index contributed by atoms with van der Waals surface area (Å²) in [6.45, 7) is 5.54. The number of carbonyl (C=O) groups is 1. The molecule has 0 aromatic heterocycles. The lowest BCUT2D eigenvalue weighted by Gasteiger charge is -2.21. The van der Waals surface area contributed by atoms with E-state index in [-0.39, 0.29) is 6.07 Å². The predicted octanol–water partition coefficient (Wildman–Crippen LogP) is 2.52. The Balaban J connectivity index is 3.74. The second kappa shape index (κ2) is 4.44. The van der Waals surface area contributed by atoms with Gasteiger partial charge >= 0.3 is 6.16 Å². The van der Waals surface area contributed by atoms with Crippen molar-refractivity contribution < 1.29 is 14.3 Å². The van der Waals surface area contributed by atoms with Gasteiger partial charge in [-0.25, -0.2) is 4.79 Å². The van der Waals surface area contributed by atoms with Crippen molar-refractivity contribution in [3.63, 3.8) is 0 Å². The van der Waals surface area contributed by atoms with Crippen molar-refractivity contribution in [2.24, 2.45) is 0 Å². The molecular formula is C7H13ClO3. The largest absolute Gasteiger partial charge is 0.510 e. The molecule has 0 aliphatic heterocycles. The molecule has 0 N–H and O–H groups in total. The molecule has 0 atom stereocenters. The van der Waals surface area contributed by atoms with Crippen LogP contribution in [0.4, 0.5) is 4.79 Å². The Kier molecular flexibility index (Phi) is 4.26. The zero-order chi connectivity index (χ0) is 8.91. The number of hydrogen-bond donors (Lipinski definition) is 0. The Morgan fingerprint density at radius 1 is 1.55 bits per heavy atom. The third-order valence-corrected chi connectivity index (χ3v) is 1.49. The van der Waals surface area contributed by atoms with Crippen molar-refractivity contribution in [2.45, 2.75) is 32.8 Å². The lowest BCUT2D eigenvalue weighted by atomic mass is 10.1. The average molecular weight is 181 g/mol. The number of hydrogen-bond acceptors (Lipinski definition) is 3. The second-order valence-electron chi connectivity index (χ2n) is 2.72. The maximum Gasteiger partial charge on any atom is 0.510 e. The topological polar surface area (TPSA) is 35.5 Å². The molecule has 0 fully saturated rings. The van der Waals surface area contributed by atoms with Gasteiger partial charge in [-0.2, -0.15) is 0 Å². The quantitative estimate of drug-likeness (QED) is 0.495. The molecule has 0 spiro atoms. The summed E-state index contributed by atoms with van der Waals surface area (Å²) in [5.41, 5.74) is -0.469. The van der Waals surface area contributed by atoms with Crippen LogP contribution >= 0.6 is 11.6 Å². The van der Waals surface area contributed by atoms with Crippen LogP contribution in [0.2, 0.25) is 0 Å². The normalized spacial score (nSPS) is 10.9. The molecule has 0 radical (unpaired) electrons. The molecule has 0 amide bonds. The molecule has 4 heteroatoms. The van der Waals surface area contributed by atoms with Gasteiger partial charge in [-0.1, -0.05) is 18.5 Å². The van der Waals surface area contributed by atoms with Crippen LogP contribution in [0.25, 0.3) is 0 Å². The number of alkyl halides is 1. The fourth-order valence-electron chi connectivity index (χ4n) is 0.372. The van der Waals surface area contributed by atoms with Gasteiger partial charge in [-0.15, -0.1) is 0 Å². The lowest BCUT2D eigenvalue weighted by molar-refractivity contribution is -0.0113. The van der Waals surface area contributed by atoms with Gasteiger partial charge in [-0.3, -0.25) is 0 Å². The highest BCUT2D eigenvalue weighted by atomic mass is 35.5. The molecule has 11 heavy (non-hydrogen) atoms. The molecule has 0 aliphatic rings. The van der Waals surface area contributed by atoms with Gasteiger partial charge in [0, 0.05) is 0 Å². The first-order chi connectivity index (χ1) is 5.02. The van der Waals surface area contributed by atoms with Crippen LogP contribution in [-0.4, -0.2) is 17.8 Å². The van der Waals surface area contributed by atoms with E-state index in [9.17, 15) is 4.79 Å². The van der Waals surface area contributed by atoms with Crippen molar-refractivity contribution in [3.05, 3.63) is 0 Å². The van der Waals surface area contributed by atoms with Crippen molar-refractivity contribution in [2.75, 3.05) is 6.07 Å². The number of rotatable bonds is 3. The molecule has 0 bridgehead atoms. The minimum atomic E-state index is -0.716. The first-order valence-electron chi connectivity index (χ1n) is 3.43. The SMILES string of the molecule is CCC(C)(C)OC(=O)OCCl. The fraction of sp³-hybridized carbons (Fsp3) is 0.857. The van der Waals surface area contributed by atoms with Gasteiger partial charge < -0.3 is 9.47 Å². The Hall–Kier alpha value is -0.440. The number of halogens is 1. The maximum atomic E-state index is 10.7. The van der Waals surface area contributed by atoms with Gasteiger partial charge in [0.15, 0.2) is 6.07 Å².